The SMILES string of the molecule is CC(C)(C)c1ccc2c(-c3ccc4c(c3)C(C)(C)c3ccccc3-4)c3cnccc3c(-c3ccc4c(c3)C(C)(C)c3ccccc3-4)c2c1. The van der Waals surface area contributed by atoms with Crippen LogP contribution in [0.1, 0.15) is 76.3 Å². The quantitative estimate of drug-likeness (QED) is 0.175. The predicted octanol–water partition coefficient (Wildman–Crippen LogP) is 12.6. The zero-order valence-electron chi connectivity index (χ0n) is 29.0. The summed E-state index contributed by atoms with van der Waals surface area (Å²) in [7, 11) is 0. The second kappa shape index (κ2) is 9.77. The van der Waals surface area contributed by atoms with Gasteiger partial charge in [0.1, 0.15) is 0 Å². The highest BCUT2D eigenvalue weighted by molar-refractivity contribution is 6.21. The zero-order chi connectivity index (χ0) is 33.2. The Bertz CT molecular complexity index is 2480. The fourth-order valence-electron chi connectivity index (χ4n) is 8.88. The second-order valence-electron chi connectivity index (χ2n) is 16.0. The lowest BCUT2D eigenvalue weighted by Crippen LogP contribution is -2.15. The number of benzene rings is 6. The largest absolute Gasteiger partial charge is 0.264 e. The molecule has 1 heteroatoms. The van der Waals surface area contributed by atoms with Gasteiger partial charge in [0.2, 0.25) is 0 Å². The first-order valence-corrected chi connectivity index (χ1v) is 17.3. The molecule has 7 aromatic rings. The van der Waals surface area contributed by atoms with E-state index in [0.29, 0.717) is 0 Å². The van der Waals surface area contributed by atoms with Gasteiger partial charge in [-0.3, -0.25) is 4.98 Å². The summed E-state index contributed by atoms with van der Waals surface area (Å²) in [6.07, 6.45) is 4.05. The standard InChI is InChI=1S/C47H41N/c1-45(2,3)30-18-21-35-37(26-30)43(28-16-19-33-31-12-8-10-14-39(31)46(4,5)41(33)24-28)36-22-23-48-27-38(36)44(35)29-17-20-34-32-13-9-11-15-40(32)47(6,7)42(34)25-29/h8-27H,1-7H3. The third-order valence-corrected chi connectivity index (χ3v) is 11.5. The molecule has 0 saturated heterocycles. The van der Waals surface area contributed by atoms with Crippen LogP contribution in [0.2, 0.25) is 0 Å². The number of aromatic nitrogens is 1. The normalized spacial score (nSPS) is 15.3. The fraction of sp³-hybridized carbons (Fsp3) is 0.213. The van der Waals surface area contributed by atoms with Crippen LogP contribution in [0.5, 0.6) is 0 Å². The van der Waals surface area contributed by atoms with Crippen LogP contribution in [0.4, 0.5) is 0 Å². The maximum atomic E-state index is 4.74. The van der Waals surface area contributed by atoms with Gasteiger partial charge in [0.25, 0.3) is 0 Å². The van der Waals surface area contributed by atoms with Gasteiger partial charge in [-0.25, -0.2) is 0 Å². The average molecular weight is 620 g/mol. The molecule has 0 unspecified atom stereocenters. The molecule has 1 heterocycles. The number of rotatable bonds is 2. The Hall–Kier alpha value is -5.01. The van der Waals surface area contributed by atoms with E-state index in [4.69, 9.17) is 4.98 Å². The van der Waals surface area contributed by atoms with Gasteiger partial charge < -0.3 is 0 Å². The monoisotopic (exact) mass is 619 g/mol. The van der Waals surface area contributed by atoms with Crippen LogP contribution in [-0.2, 0) is 16.2 Å². The summed E-state index contributed by atoms with van der Waals surface area (Å²) in [6, 6.07) is 41.6. The fourth-order valence-corrected chi connectivity index (χ4v) is 8.88. The van der Waals surface area contributed by atoms with E-state index >= 15 is 0 Å². The molecule has 0 amide bonds. The minimum Gasteiger partial charge on any atom is -0.264 e. The summed E-state index contributed by atoms with van der Waals surface area (Å²) >= 11 is 0. The third kappa shape index (κ3) is 3.94. The minimum absolute atomic E-state index is 0.0176. The Balaban J connectivity index is 1.35. The van der Waals surface area contributed by atoms with Crippen molar-refractivity contribution < 1.29 is 0 Å². The van der Waals surface area contributed by atoms with Crippen molar-refractivity contribution in [2.24, 2.45) is 0 Å². The third-order valence-electron chi connectivity index (χ3n) is 11.5. The van der Waals surface area contributed by atoms with E-state index in [0.717, 1.165) is 0 Å². The summed E-state index contributed by atoms with van der Waals surface area (Å²) in [6.45, 7) is 16.4. The Morgan fingerprint density at radius 2 is 0.958 bits per heavy atom. The van der Waals surface area contributed by atoms with Crippen LogP contribution < -0.4 is 0 Å². The van der Waals surface area contributed by atoms with Gasteiger partial charge in [-0.05, 0) is 118 Å². The summed E-state index contributed by atoms with van der Waals surface area (Å²) < 4.78 is 0. The van der Waals surface area contributed by atoms with Gasteiger partial charge in [-0.2, -0.15) is 0 Å². The van der Waals surface area contributed by atoms with Crippen molar-refractivity contribution in [2.75, 3.05) is 0 Å². The van der Waals surface area contributed by atoms with Crippen LogP contribution in [0.3, 0.4) is 0 Å². The number of fused-ring (bicyclic) bond motifs is 8. The summed E-state index contributed by atoms with van der Waals surface area (Å²) in [5, 5.41) is 5.01. The molecule has 0 saturated carbocycles. The highest BCUT2D eigenvalue weighted by atomic mass is 14.6. The number of hydrogen-bond acceptors (Lipinski definition) is 1. The molecule has 48 heavy (non-hydrogen) atoms. The average Bonchev–Trinajstić information content (AvgIpc) is 3.45. The summed E-state index contributed by atoms with van der Waals surface area (Å²) in [5.41, 5.74) is 17.3. The van der Waals surface area contributed by atoms with E-state index < -0.39 is 0 Å². The van der Waals surface area contributed by atoms with E-state index in [1.54, 1.807) is 0 Å². The van der Waals surface area contributed by atoms with Crippen molar-refractivity contribution in [1.82, 2.24) is 4.98 Å². The predicted molar refractivity (Wildman–Crippen MR) is 204 cm³/mol. The number of pyridine rings is 1. The van der Waals surface area contributed by atoms with Gasteiger partial charge in [0.05, 0.1) is 0 Å². The van der Waals surface area contributed by atoms with Gasteiger partial charge >= 0.3 is 0 Å². The molecule has 1 nitrogen and oxygen atoms in total. The van der Waals surface area contributed by atoms with Crippen molar-refractivity contribution in [3.05, 3.63) is 149 Å². The van der Waals surface area contributed by atoms with E-state index in [1.807, 2.05) is 6.20 Å². The van der Waals surface area contributed by atoms with Crippen LogP contribution in [0, 0.1) is 0 Å². The van der Waals surface area contributed by atoms with Crippen LogP contribution in [0.25, 0.3) is 66.1 Å². The van der Waals surface area contributed by atoms with Crippen molar-refractivity contribution in [2.45, 2.75) is 64.7 Å². The summed E-state index contributed by atoms with van der Waals surface area (Å²) in [5.74, 6) is 0. The molecule has 0 bridgehead atoms. The highest BCUT2D eigenvalue weighted by Crippen LogP contribution is 2.53. The van der Waals surface area contributed by atoms with E-state index in [1.165, 1.54) is 93.9 Å². The Morgan fingerprint density at radius 3 is 1.52 bits per heavy atom. The molecule has 234 valence electrons. The van der Waals surface area contributed by atoms with Gasteiger partial charge in [0.15, 0.2) is 0 Å². The lowest BCUT2D eigenvalue weighted by Gasteiger charge is -2.25. The molecule has 1 aromatic heterocycles. The molecule has 6 aromatic carbocycles. The topological polar surface area (TPSA) is 12.9 Å². The molecule has 2 aliphatic carbocycles. The van der Waals surface area contributed by atoms with Gasteiger partial charge in [-0.15, -0.1) is 0 Å². The Morgan fingerprint density at radius 1 is 0.458 bits per heavy atom. The lowest BCUT2D eigenvalue weighted by molar-refractivity contribution is 0.591. The smallest absolute Gasteiger partial charge is 0.0353 e. The first-order chi connectivity index (χ1) is 23.0. The second-order valence-corrected chi connectivity index (χ2v) is 16.0. The zero-order valence-corrected chi connectivity index (χ0v) is 29.0. The Kier molecular flexibility index (Phi) is 5.93. The Labute approximate surface area is 284 Å². The molecular formula is C47H41N. The number of nitrogens with zero attached hydrogens (tertiary/aromatic N) is 1. The molecule has 0 spiro atoms. The van der Waals surface area contributed by atoms with Crippen molar-refractivity contribution >= 4 is 21.5 Å². The van der Waals surface area contributed by atoms with Crippen molar-refractivity contribution in [3.8, 4) is 44.5 Å². The van der Waals surface area contributed by atoms with E-state index in [-0.39, 0.29) is 16.2 Å². The maximum Gasteiger partial charge on any atom is 0.0353 e. The van der Waals surface area contributed by atoms with Crippen LogP contribution in [0.15, 0.2) is 122 Å². The van der Waals surface area contributed by atoms with Crippen LogP contribution in [-0.4, -0.2) is 4.98 Å². The molecule has 0 radical (unpaired) electrons. The molecular weight excluding hydrogens is 579 g/mol. The van der Waals surface area contributed by atoms with E-state index in [2.05, 4.69) is 164 Å². The first-order valence-electron chi connectivity index (χ1n) is 17.3. The maximum absolute atomic E-state index is 4.74. The molecule has 0 aliphatic heterocycles. The molecule has 0 atom stereocenters. The van der Waals surface area contributed by atoms with Crippen LogP contribution >= 0.6 is 0 Å². The number of hydrogen-bond donors (Lipinski definition) is 0. The first kappa shape index (κ1) is 29.2. The molecule has 0 N–H and O–H groups in total. The van der Waals surface area contributed by atoms with Crippen molar-refractivity contribution in [1.29, 1.82) is 0 Å². The minimum atomic E-state index is -0.0695. The van der Waals surface area contributed by atoms with Crippen molar-refractivity contribution in [3.63, 3.8) is 0 Å². The lowest BCUT2D eigenvalue weighted by atomic mass is 9.78. The van der Waals surface area contributed by atoms with Gasteiger partial charge in [0, 0.05) is 28.6 Å². The van der Waals surface area contributed by atoms with Gasteiger partial charge in [-0.1, -0.05) is 133 Å². The van der Waals surface area contributed by atoms with E-state index in [9.17, 15) is 0 Å². The summed E-state index contributed by atoms with van der Waals surface area (Å²) in [4.78, 5) is 4.74. The molecule has 2 aliphatic rings. The highest BCUT2D eigenvalue weighted by Gasteiger charge is 2.37. The molecule has 0 fully saturated rings. The molecule has 9 rings (SSSR count).